The fraction of sp³-hybridized carbons (Fsp3) is 0.857. The maximum Gasteiger partial charge on any atom is 0.410 e. The lowest BCUT2D eigenvalue weighted by Gasteiger charge is -2.25. The van der Waals surface area contributed by atoms with Gasteiger partial charge >= 0.3 is 6.09 Å². The highest BCUT2D eigenvalue weighted by Gasteiger charge is 2.19. The topological polar surface area (TPSA) is 105 Å². The number of unbranched alkanes of at least 4 members (excludes halogenated alkanes) is 1. The van der Waals surface area contributed by atoms with Crippen LogP contribution in [0.2, 0.25) is 0 Å². The molecule has 0 fully saturated rings. The fourth-order valence-electron chi connectivity index (χ4n) is 2.90. The molecule has 0 heterocycles. The molecule has 0 radical (unpaired) electrons. The molecule has 0 unspecified atom stereocenters. The normalized spacial score (nSPS) is 11.3. The summed E-state index contributed by atoms with van der Waals surface area (Å²) in [6, 6.07) is 0. The molecule has 0 aliphatic rings. The van der Waals surface area contributed by atoms with E-state index in [1.54, 1.807) is 11.9 Å². The van der Waals surface area contributed by atoms with Crippen molar-refractivity contribution >= 4 is 12.0 Å². The van der Waals surface area contributed by atoms with Gasteiger partial charge in [-0.3, -0.25) is 4.79 Å². The van der Waals surface area contributed by atoms with Crippen LogP contribution < -0.4 is 0 Å². The summed E-state index contributed by atoms with van der Waals surface area (Å²) in [7, 11) is 1.67. The van der Waals surface area contributed by atoms with Crippen LogP contribution in [0.15, 0.2) is 0 Å². The first-order chi connectivity index (χ1) is 18.7. The molecule has 0 aliphatic heterocycles. The van der Waals surface area contributed by atoms with Crippen LogP contribution in [-0.2, 0) is 38.0 Å². The maximum atomic E-state index is 12.8. The number of amides is 2. The quantitative estimate of drug-likeness (QED) is 0.123. The minimum atomic E-state index is -0.545. The van der Waals surface area contributed by atoms with Crippen molar-refractivity contribution in [1.82, 2.24) is 9.80 Å². The SMILES string of the molecule is C#CCOCCOCCOCCOCCC(=O)N(CCOCCCC)CCOCCN(C)C(=O)OC(C)(C)C. The highest BCUT2D eigenvalue weighted by atomic mass is 16.6. The Morgan fingerprint density at radius 2 is 1.21 bits per heavy atom. The molecule has 228 valence electrons. The maximum absolute atomic E-state index is 12.8. The summed E-state index contributed by atoms with van der Waals surface area (Å²) >= 11 is 0. The number of likely N-dealkylation sites (N-methyl/N-ethyl adjacent to an activating group) is 1. The molecule has 39 heavy (non-hydrogen) atoms. The average molecular weight is 561 g/mol. The zero-order chi connectivity index (χ0) is 29.2. The van der Waals surface area contributed by atoms with E-state index in [0.29, 0.717) is 92.3 Å². The van der Waals surface area contributed by atoms with Gasteiger partial charge < -0.3 is 43.0 Å². The third-order valence-corrected chi connectivity index (χ3v) is 5.04. The molecular weight excluding hydrogens is 508 g/mol. The molecule has 0 atom stereocenters. The Balaban J connectivity index is 4.13. The summed E-state index contributed by atoms with van der Waals surface area (Å²) < 4.78 is 38.1. The van der Waals surface area contributed by atoms with Crippen LogP contribution in [0.1, 0.15) is 47.0 Å². The van der Waals surface area contributed by atoms with Gasteiger partial charge in [-0.15, -0.1) is 6.42 Å². The summed E-state index contributed by atoms with van der Waals surface area (Å²) in [5.41, 5.74) is -0.545. The van der Waals surface area contributed by atoms with E-state index >= 15 is 0 Å². The Morgan fingerprint density at radius 1 is 0.718 bits per heavy atom. The third kappa shape index (κ3) is 24.8. The number of hydrogen-bond acceptors (Lipinski definition) is 9. The van der Waals surface area contributed by atoms with Gasteiger partial charge in [0.15, 0.2) is 0 Å². The van der Waals surface area contributed by atoms with Gasteiger partial charge in [0.05, 0.1) is 72.5 Å². The van der Waals surface area contributed by atoms with Gasteiger partial charge in [-0.05, 0) is 27.2 Å². The van der Waals surface area contributed by atoms with Crippen LogP contribution in [-0.4, -0.2) is 133 Å². The van der Waals surface area contributed by atoms with Crippen molar-refractivity contribution in [3.8, 4) is 12.3 Å². The van der Waals surface area contributed by atoms with Crippen LogP contribution in [0.3, 0.4) is 0 Å². The van der Waals surface area contributed by atoms with E-state index in [1.807, 2.05) is 20.8 Å². The minimum Gasteiger partial charge on any atom is -0.444 e. The van der Waals surface area contributed by atoms with Gasteiger partial charge in [-0.25, -0.2) is 4.79 Å². The second kappa shape index (κ2) is 25.1. The Bertz CT molecular complexity index is 650. The summed E-state index contributed by atoms with van der Waals surface area (Å²) in [5, 5.41) is 0. The van der Waals surface area contributed by atoms with Crippen molar-refractivity contribution in [2.45, 2.75) is 52.6 Å². The molecule has 0 saturated carbocycles. The predicted molar refractivity (Wildman–Crippen MR) is 149 cm³/mol. The fourth-order valence-corrected chi connectivity index (χ4v) is 2.90. The van der Waals surface area contributed by atoms with Gasteiger partial charge in [-0.2, -0.15) is 0 Å². The van der Waals surface area contributed by atoms with Crippen molar-refractivity contribution in [2.75, 3.05) is 106 Å². The van der Waals surface area contributed by atoms with Crippen molar-refractivity contribution < 1.29 is 42.7 Å². The summed E-state index contributed by atoms with van der Waals surface area (Å²) in [4.78, 5) is 28.0. The number of terminal acetylenes is 1. The van der Waals surface area contributed by atoms with Crippen molar-refractivity contribution in [3.05, 3.63) is 0 Å². The smallest absolute Gasteiger partial charge is 0.410 e. The molecule has 0 aromatic rings. The summed E-state index contributed by atoms with van der Waals surface area (Å²) in [6.07, 6.45) is 7.01. The van der Waals surface area contributed by atoms with Crippen molar-refractivity contribution in [3.63, 3.8) is 0 Å². The van der Waals surface area contributed by atoms with Crippen LogP contribution in [0, 0.1) is 12.3 Å². The van der Waals surface area contributed by atoms with Gasteiger partial charge in [-0.1, -0.05) is 19.3 Å². The molecule has 0 aromatic carbocycles. The van der Waals surface area contributed by atoms with E-state index in [0.717, 1.165) is 12.8 Å². The van der Waals surface area contributed by atoms with E-state index in [1.165, 1.54) is 4.90 Å². The van der Waals surface area contributed by atoms with Gasteiger partial charge in [0.25, 0.3) is 0 Å². The first kappa shape index (κ1) is 37.1. The van der Waals surface area contributed by atoms with E-state index in [4.69, 9.17) is 39.6 Å². The van der Waals surface area contributed by atoms with Crippen molar-refractivity contribution in [2.24, 2.45) is 0 Å². The van der Waals surface area contributed by atoms with Gasteiger partial charge in [0.1, 0.15) is 12.2 Å². The van der Waals surface area contributed by atoms with E-state index in [9.17, 15) is 9.59 Å². The molecule has 11 heteroatoms. The number of rotatable bonds is 25. The summed E-state index contributed by atoms with van der Waals surface area (Å²) in [5.74, 6) is 2.37. The average Bonchev–Trinajstić information content (AvgIpc) is 2.88. The Labute approximate surface area is 235 Å². The minimum absolute atomic E-state index is 0.0232. The zero-order valence-corrected chi connectivity index (χ0v) is 24.9. The second-order valence-corrected chi connectivity index (χ2v) is 9.70. The molecular formula is C28H52N2O9. The number of hydrogen-bond donors (Lipinski definition) is 0. The monoisotopic (exact) mass is 560 g/mol. The third-order valence-electron chi connectivity index (χ3n) is 5.04. The second-order valence-electron chi connectivity index (χ2n) is 9.70. The highest BCUT2D eigenvalue weighted by molar-refractivity contribution is 5.76. The lowest BCUT2D eigenvalue weighted by atomic mass is 10.2. The molecule has 0 rings (SSSR count). The molecule has 2 amide bonds. The largest absolute Gasteiger partial charge is 0.444 e. The zero-order valence-electron chi connectivity index (χ0n) is 24.9. The lowest BCUT2D eigenvalue weighted by molar-refractivity contribution is -0.134. The lowest BCUT2D eigenvalue weighted by Crippen LogP contribution is -2.38. The molecule has 0 aliphatic carbocycles. The first-order valence-corrected chi connectivity index (χ1v) is 13.8. The molecule has 0 bridgehead atoms. The number of carbonyl (C=O) groups excluding carboxylic acids is 2. The number of carbonyl (C=O) groups is 2. The van der Waals surface area contributed by atoms with Crippen LogP contribution in [0.25, 0.3) is 0 Å². The van der Waals surface area contributed by atoms with Crippen LogP contribution in [0.5, 0.6) is 0 Å². The highest BCUT2D eigenvalue weighted by Crippen LogP contribution is 2.08. The number of ether oxygens (including phenoxy) is 7. The molecule has 11 nitrogen and oxygen atoms in total. The molecule has 0 saturated heterocycles. The van der Waals surface area contributed by atoms with Crippen molar-refractivity contribution in [1.29, 1.82) is 0 Å². The standard InChI is InChI=1S/C28H52N2O9/c1-7-9-15-34-18-12-30(13-19-36-17-11-29(6)27(32)39-28(3,4)5)26(31)10-16-35-21-23-38-25-24-37-22-20-33-14-8-2/h2H,7,9-25H2,1,3-6H3. The number of nitrogens with zero attached hydrogens (tertiary/aromatic N) is 2. The molecule has 0 aromatic heterocycles. The Hall–Kier alpha value is -1.94. The first-order valence-electron chi connectivity index (χ1n) is 13.8. The van der Waals surface area contributed by atoms with Gasteiger partial charge in [0.2, 0.25) is 5.91 Å². The molecule has 0 spiro atoms. The molecule has 0 N–H and O–H groups in total. The Morgan fingerprint density at radius 3 is 1.74 bits per heavy atom. The van der Waals surface area contributed by atoms with Crippen LogP contribution >= 0.6 is 0 Å². The summed E-state index contributed by atoms with van der Waals surface area (Å²) in [6.45, 7) is 14.0. The van der Waals surface area contributed by atoms with Gasteiger partial charge in [0, 0.05) is 33.3 Å². The van der Waals surface area contributed by atoms with E-state index in [-0.39, 0.29) is 18.9 Å². The predicted octanol–water partition coefficient (Wildman–Crippen LogP) is 2.60. The van der Waals surface area contributed by atoms with E-state index in [2.05, 4.69) is 12.8 Å². The Kier molecular flexibility index (Phi) is 23.8. The van der Waals surface area contributed by atoms with Crippen LogP contribution in [0.4, 0.5) is 4.79 Å². The van der Waals surface area contributed by atoms with E-state index < -0.39 is 11.7 Å².